The van der Waals surface area contributed by atoms with E-state index in [0.717, 1.165) is 5.56 Å². The van der Waals surface area contributed by atoms with Gasteiger partial charge in [0.15, 0.2) is 5.78 Å². The second-order valence-electron chi connectivity index (χ2n) is 9.57. The van der Waals surface area contributed by atoms with Gasteiger partial charge in [-0.3, -0.25) is 24.3 Å². The fraction of sp³-hybridized carbons (Fsp3) is 0.333. The summed E-state index contributed by atoms with van der Waals surface area (Å²) in [5.41, 5.74) is 3.08. The van der Waals surface area contributed by atoms with Crippen LogP contribution in [0.5, 0.6) is 0 Å². The van der Waals surface area contributed by atoms with Crippen molar-refractivity contribution in [1.29, 1.82) is 0 Å². The minimum absolute atomic E-state index is 0.0582. The van der Waals surface area contributed by atoms with Crippen molar-refractivity contribution in [2.75, 3.05) is 6.54 Å². The Hall–Kier alpha value is -3.54. The summed E-state index contributed by atoms with van der Waals surface area (Å²) < 4.78 is 0. The number of aryl methyl sites for hydroxylation is 1. The number of aliphatic hydroxyl groups excluding tert-OH is 1. The molecular formula is C27H28N2O4. The second-order valence-corrected chi connectivity index (χ2v) is 9.57. The molecular weight excluding hydrogens is 416 g/mol. The average molecular weight is 445 g/mol. The van der Waals surface area contributed by atoms with Gasteiger partial charge in [0, 0.05) is 19.4 Å². The van der Waals surface area contributed by atoms with Gasteiger partial charge in [-0.15, -0.1) is 0 Å². The Morgan fingerprint density at radius 2 is 1.58 bits per heavy atom. The molecule has 2 aliphatic rings. The summed E-state index contributed by atoms with van der Waals surface area (Å²) in [6, 6.07) is 14.4. The molecule has 0 bridgehead atoms. The number of imide groups is 1. The number of aliphatic imine (C=N–C) groups is 1. The van der Waals surface area contributed by atoms with Crippen LogP contribution in [0.3, 0.4) is 0 Å². The van der Waals surface area contributed by atoms with Crippen LogP contribution >= 0.6 is 0 Å². The molecule has 0 saturated heterocycles. The molecule has 6 heteroatoms. The first kappa shape index (κ1) is 22.6. The van der Waals surface area contributed by atoms with Gasteiger partial charge in [0.25, 0.3) is 11.8 Å². The number of rotatable bonds is 6. The molecule has 1 aliphatic carbocycles. The fourth-order valence-electron chi connectivity index (χ4n) is 4.47. The van der Waals surface area contributed by atoms with E-state index < -0.39 is 0 Å². The van der Waals surface area contributed by atoms with Crippen LogP contribution in [0.2, 0.25) is 0 Å². The number of carbonyl (C=O) groups is 3. The molecule has 1 N–H and O–H groups in total. The Kier molecular flexibility index (Phi) is 6.02. The van der Waals surface area contributed by atoms with Crippen molar-refractivity contribution in [3.63, 3.8) is 0 Å². The first-order chi connectivity index (χ1) is 15.7. The minimum atomic E-state index is -0.306. The number of hydrogen-bond acceptors (Lipinski definition) is 5. The number of amides is 2. The predicted octanol–water partition coefficient (Wildman–Crippen LogP) is 5.35. The van der Waals surface area contributed by atoms with Crippen LogP contribution in [0.15, 0.2) is 64.9 Å². The van der Waals surface area contributed by atoms with Gasteiger partial charge in [-0.1, -0.05) is 43.7 Å². The Morgan fingerprint density at radius 3 is 2.15 bits per heavy atom. The largest absolute Gasteiger partial charge is 0.511 e. The number of hydrogen-bond donors (Lipinski definition) is 1. The summed E-state index contributed by atoms with van der Waals surface area (Å²) in [5.74, 6) is -0.673. The first-order valence-corrected chi connectivity index (χ1v) is 11.2. The highest BCUT2D eigenvalue weighted by Gasteiger charge is 2.36. The fourth-order valence-corrected chi connectivity index (χ4v) is 4.47. The molecule has 2 aromatic carbocycles. The van der Waals surface area contributed by atoms with Crippen LogP contribution in [-0.4, -0.2) is 39.9 Å². The summed E-state index contributed by atoms with van der Waals surface area (Å²) >= 11 is 0. The standard InChI is InChI=1S/C27H28N2O4/c1-17-10-12-18(13-11-17)28-21(24-22(30)15-27(2,3)16-23(24)31)9-6-14-29-25(32)19-7-4-5-8-20(19)26(29)33/h4-5,7-8,10-13,30H,6,9,14-16H2,1-3H3. The van der Waals surface area contributed by atoms with E-state index in [1.165, 1.54) is 4.90 Å². The molecule has 2 aromatic rings. The lowest BCUT2D eigenvalue weighted by molar-refractivity contribution is -0.118. The smallest absolute Gasteiger partial charge is 0.261 e. The van der Waals surface area contributed by atoms with E-state index in [0.29, 0.717) is 48.2 Å². The maximum atomic E-state index is 13.0. The molecule has 0 aromatic heterocycles. The Bertz CT molecular complexity index is 1150. The molecule has 170 valence electrons. The molecule has 0 saturated carbocycles. The molecule has 0 atom stereocenters. The Balaban J connectivity index is 1.58. The average Bonchev–Trinajstić information content (AvgIpc) is 2.99. The molecule has 6 nitrogen and oxygen atoms in total. The SMILES string of the molecule is Cc1ccc(N=C(CCCN2C(=O)c3ccccc3C2=O)C2=C(O)CC(C)(C)CC2=O)cc1. The van der Waals surface area contributed by atoms with E-state index in [1.807, 2.05) is 45.0 Å². The third-order valence-electron chi connectivity index (χ3n) is 6.11. The van der Waals surface area contributed by atoms with Crippen LogP contribution in [0.25, 0.3) is 0 Å². The van der Waals surface area contributed by atoms with Gasteiger partial charge >= 0.3 is 0 Å². The lowest BCUT2D eigenvalue weighted by Crippen LogP contribution is -2.32. The van der Waals surface area contributed by atoms with E-state index in [4.69, 9.17) is 4.99 Å². The maximum absolute atomic E-state index is 13.0. The van der Waals surface area contributed by atoms with Crippen LogP contribution in [0.4, 0.5) is 5.69 Å². The van der Waals surface area contributed by atoms with Crippen molar-refractivity contribution in [3.8, 4) is 0 Å². The second kappa shape index (κ2) is 8.77. The summed E-state index contributed by atoms with van der Waals surface area (Å²) in [6.07, 6.45) is 1.52. The maximum Gasteiger partial charge on any atom is 0.261 e. The zero-order valence-electron chi connectivity index (χ0n) is 19.2. The van der Waals surface area contributed by atoms with E-state index in [-0.39, 0.29) is 40.9 Å². The molecule has 0 fully saturated rings. The van der Waals surface area contributed by atoms with Crippen molar-refractivity contribution in [1.82, 2.24) is 4.90 Å². The molecule has 1 heterocycles. The number of Topliss-reactive ketones (excluding diaryl/α,β-unsaturated/α-hetero) is 1. The number of nitrogens with zero attached hydrogens (tertiary/aromatic N) is 2. The third-order valence-corrected chi connectivity index (χ3v) is 6.11. The van der Waals surface area contributed by atoms with Crippen LogP contribution in [0, 0.1) is 12.3 Å². The van der Waals surface area contributed by atoms with E-state index in [2.05, 4.69) is 0 Å². The van der Waals surface area contributed by atoms with Gasteiger partial charge in [-0.25, -0.2) is 0 Å². The van der Waals surface area contributed by atoms with Crippen molar-refractivity contribution in [3.05, 3.63) is 76.6 Å². The number of aliphatic hydroxyl groups is 1. The zero-order chi connectivity index (χ0) is 23.8. The predicted molar refractivity (Wildman–Crippen MR) is 127 cm³/mol. The van der Waals surface area contributed by atoms with Gasteiger partial charge in [-0.2, -0.15) is 0 Å². The molecule has 0 radical (unpaired) electrons. The molecule has 33 heavy (non-hydrogen) atoms. The van der Waals surface area contributed by atoms with Gasteiger partial charge in [0.05, 0.1) is 28.1 Å². The lowest BCUT2D eigenvalue weighted by Gasteiger charge is -2.30. The number of ketones is 1. The number of benzene rings is 2. The topological polar surface area (TPSA) is 87.0 Å². The lowest BCUT2D eigenvalue weighted by atomic mass is 9.75. The quantitative estimate of drug-likeness (QED) is 0.481. The van der Waals surface area contributed by atoms with Crippen LogP contribution in [0.1, 0.15) is 65.8 Å². The molecule has 0 unspecified atom stereocenters. The van der Waals surface area contributed by atoms with E-state index in [9.17, 15) is 19.5 Å². The van der Waals surface area contributed by atoms with Gasteiger partial charge in [-0.05, 0) is 49.4 Å². The monoisotopic (exact) mass is 444 g/mol. The summed E-state index contributed by atoms with van der Waals surface area (Å²) in [4.78, 5) is 44.2. The minimum Gasteiger partial charge on any atom is -0.511 e. The van der Waals surface area contributed by atoms with E-state index in [1.54, 1.807) is 24.3 Å². The Labute approximate surface area is 193 Å². The Morgan fingerprint density at radius 1 is 0.970 bits per heavy atom. The number of fused-ring (bicyclic) bond motifs is 1. The number of carbonyl (C=O) groups excluding carboxylic acids is 3. The van der Waals surface area contributed by atoms with Crippen LogP contribution in [-0.2, 0) is 4.79 Å². The molecule has 2 amide bonds. The third kappa shape index (κ3) is 4.65. The van der Waals surface area contributed by atoms with Gasteiger partial charge in [0.2, 0.25) is 0 Å². The highest BCUT2D eigenvalue weighted by molar-refractivity contribution is 6.24. The summed E-state index contributed by atoms with van der Waals surface area (Å²) in [7, 11) is 0. The van der Waals surface area contributed by atoms with Crippen molar-refractivity contribution in [2.24, 2.45) is 10.4 Å². The zero-order valence-corrected chi connectivity index (χ0v) is 19.2. The highest BCUT2D eigenvalue weighted by atomic mass is 16.3. The summed E-state index contributed by atoms with van der Waals surface area (Å²) in [5, 5.41) is 10.7. The number of allylic oxidation sites excluding steroid dienone is 2. The first-order valence-electron chi connectivity index (χ1n) is 11.2. The van der Waals surface area contributed by atoms with Gasteiger partial charge < -0.3 is 5.11 Å². The normalized spacial score (nSPS) is 18.2. The van der Waals surface area contributed by atoms with Crippen LogP contribution < -0.4 is 0 Å². The van der Waals surface area contributed by atoms with Crippen molar-refractivity contribution < 1.29 is 19.5 Å². The van der Waals surface area contributed by atoms with Gasteiger partial charge in [0.1, 0.15) is 5.76 Å². The summed E-state index contributed by atoms with van der Waals surface area (Å²) in [6.45, 7) is 6.11. The molecule has 4 rings (SSSR count). The van der Waals surface area contributed by atoms with E-state index >= 15 is 0 Å². The molecule has 0 spiro atoms. The van der Waals surface area contributed by atoms with Crippen molar-refractivity contribution in [2.45, 2.75) is 46.5 Å². The van der Waals surface area contributed by atoms with Crippen molar-refractivity contribution >= 4 is 29.0 Å². The molecule has 1 aliphatic heterocycles. The highest BCUT2D eigenvalue weighted by Crippen LogP contribution is 2.37.